The molecule has 8 heteroatoms. The van der Waals surface area contributed by atoms with Gasteiger partial charge < -0.3 is 10.3 Å². The number of likely N-dealkylation sites (N-methyl/N-ethyl adjacent to an activating group) is 1. The molecule has 2 N–H and O–H groups in total. The number of hydrogen-bond donors (Lipinski definition) is 2. The fraction of sp³-hybridized carbons (Fsp3) is 0.125. The first-order valence-electron chi connectivity index (χ1n) is 10.2. The first kappa shape index (κ1) is 20.0. The van der Waals surface area contributed by atoms with Gasteiger partial charge in [-0.25, -0.2) is 13.8 Å². The largest absolute Gasteiger partial charge is 0.344 e. The Morgan fingerprint density at radius 2 is 1.75 bits per heavy atom. The molecule has 0 unspecified atom stereocenters. The standard InChI is InChI=1S/C24H20F2N6/c1-27-6-7-32-13-19(12-31-32)18-9-17-8-15(3-5-22(17)28-11-18)23-24(30-14-29-23)16-2-4-20(25)21(26)10-16/h2-5,8-14,27H,6-7H2,1H3,(H,29,30). The smallest absolute Gasteiger partial charge is 0.159 e. The highest BCUT2D eigenvalue weighted by molar-refractivity contribution is 5.89. The molecule has 0 fully saturated rings. The van der Waals surface area contributed by atoms with Gasteiger partial charge in [-0.1, -0.05) is 6.07 Å². The summed E-state index contributed by atoms with van der Waals surface area (Å²) >= 11 is 0. The number of nitrogens with zero attached hydrogens (tertiary/aromatic N) is 4. The second kappa shape index (κ2) is 8.32. The van der Waals surface area contributed by atoms with E-state index in [0.29, 0.717) is 17.0 Å². The van der Waals surface area contributed by atoms with Gasteiger partial charge in [-0.15, -0.1) is 0 Å². The summed E-state index contributed by atoms with van der Waals surface area (Å²) in [7, 11) is 1.91. The molecule has 2 aromatic carbocycles. The number of hydrogen-bond acceptors (Lipinski definition) is 4. The fourth-order valence-corrected chi connectivity index (χ4v) is 3.68. The zero-order valence-corrected chi connectivity index (χ0v) is 17.3. The first-order valence-corrected chi connectivity index (χ1v) is 10.2. The molecule has 6 nitrogen and oxygen atoms in total. The Bertz CT molecular complexity index is 1400. The Morgan fingerprint density at radius 3 is 2.59 bits per heavy atom. The molecule has 0 saturated heterocycles. The van der Waals surface area contributed by atoms with Crippen molar-refractivity contribution >= 4 is 10.9 Å². The Labute approximate surface area is 183 Å². The van der Waals surface area contributed by atoms with Crippen LogP contribution in [0.4, 0.5) is 8.78 Å². The van der Waals surface area contributed by atoms with Crippen LogP contribution in [0.25, 0.3) is 44.5 Å². The van der Waals surface area contributed by atoms with Crippen LogP contribution in [-0.2, 0) is 6.54 Å². The SMILES string of the molecule is CNCCn1cc(-c2cnc3ccc(-c4nc[nH]c4-c4ccc(F)c(F)c4)cc3c2)cn1. The fourth-order valence-electron chi connectivity index (χ4n) is 3.68. The van der Waals surface area contributed by atoms with Crippen LogP contribution in [0.2, 0.25) is 0 Å². The lowest BCUT2D eigenvalue weighted by Gasteiger charge is -2.07. The summed E-state index contributed by atoms with van der Waals surface area (Å²) in [5, 5.41) is 8.46. The Hall–Kier alpha value is -3.91. The van der Waals surface area contributed by atoms with Gasteiger partial charge in [-0.3, -0.25) is 9.67 Å². The predicted molar refractivity (Wildman–Crippen MR) is 120 cm³/mol. The molecule has 0 radical (unpaired) electrons. The van der Waals surface area contributed by atoms with E-state index in [1.54, 1.807) is 6.33 Å². The molecule has 0 saturated carbocycles. The normalized spacial score (nSPS) is 11.3. The number of H-pyrrole nitrogens is 1. The summed E-state index contributed by atoms with van der Waals surface area (Å²) < 4.78 is 29.0. The van der Waals surface area contributed by atoms with E-state index in [1.165, 1.54) is 12.1 Å². The lowest BCUT2D eigenvalue weighted by atomic mass is 10.0. The van der Waals surface area contributed by atoms with Crippen molar-refractivity contribution in [2.75, 3.05) is 13.6 Å². The van der Waals surface area contributed by atoms with Crippen LogP contribution in [0, 0.1) is 11.6 Å². The number of imidazole rings is 1. The third-order valence-corrected chi connectivity index (χ3v) is 5.36. The number of halogens is 2. The lowest BCUT2D eigenvalue weighted by molar-refractivity contribution is 0.509. The highest BCUT2D eigenvalue weighted by Gasteiger charge is 2.14. The van der Waals surface area contributed by atoms with E-state index in [-0.39, 0.29) is 0 Å². The number of benzene rings is 2. The molecule has 0 aliphatic rings. The van der Waals surface area contributed by atoms with E-state index < -0.39 is 11.6 Å². The summed E-state index contributed by atoms with van der Waals surface area (Å²) in [6, 6.07) is 11.7. The maximum absolute atomic E-state index is 13.8. The summed E-state index contributed by atoms with van der Waals surface area (Å²) in [5.41, 5.74) is 5.46. The minimum Gasteiger partial charge on any atom is -0.344 e. The van der Waals surface area contributed by atoms with Gasteiger partial charge in [0.2, 0.25) is 0 Å². The highest BCUT2D eigenvalue weighted by atomic mass is 19.2. The molecule has 0 aliphatic carbocycles. The van der Waals surface area contributed by atoms with Crippen LogP contribution in [0.15, 0.2) is 67.4 Å². The number of aromatic nitrogens is 5. The van der Waals surface area contributed by atoms with Gasteiger partial charge in [0, 0.05) is 46.6 Å². The van der Waals surface area contributed by atoms with Crippen LogP contribution in [0.5, 0.6) is 0 Å². The second-order valence-electron chi connectivity index (χ2n) is 7.48. The van der Waals surface area contributed by atoms with E-state index in [0.717, 1.165) is 46.7 Å². The van der Waals surface area contributed by atoms with Gasteiger partial charge in [-0.2, -0.15) is 5.10 Å². The van der Waals surface area contributed by atoms with Crippen molar-refractivity contribution in [2.24, 2.45) is 0 Å². The molecule has 0 atom stereocenters. The van der Waals surface area contributed by atoms with Gasteiger partial charge in [0.25, 0.3) is 0 Å². The maximum Gasteiger partial charge on any atom is 0.159 e. The van der Waals surface area contributed by atoms with Crippen LogP contribution in [0.3, 0.4) is 0 Å². The summed E-state index contributed by atoms with van der Waals surface area (Å²) in [4.78, 5) is 12.0. The van der Waals surface area contributed by atoms with Gasteiger partial charge in [0.1, 0.15) is 0 Å². The van der Waals surface area contributed by atoms with Gasteiger partial charge in [0.05, 0.1) is 36.0 Å². The van der Waals surface area contributed by atoms with Crippen molar-refractivity contribution in [2.45, 2.75) is 6.54 Å². The molecule has 32 heavy (non-hydrogen) atoms. The van der Waals surface area contributed by atoms with Crippen LogP contribution in [0.1, 0.15) is 0 Å². The molecule has 0 spiro atoms. The number of rotatable bonds is 6. The van der Waals surface area contributed by atoms with E-state index >= 15 is 0 Å². The topological polar surface area (TPSA) is 71.4 Å². The molecule has 5 aromatic rings. The van der Waals surface area contributed by atoms with Crippen molar-refractivity contribution in [3.05, 3.63) is 79.0 Å². The quantitative estimate of drug-likeness (QED) is 0.411. The van der Waals surface area contributed by atoms with Gasteiger partial charge in [0.15, 0.2) is 11.6 Å². The molecule has 3 aromatic heterocycles. The average Bonchev–Trinajstić information content (AvgIpc) is 3.49. The van der Waals surface area contributed by atoms with Gasteiger partial charge >= 0.3 is 0 Å². The number of pyridine rings is 1. The average molecular weight is 430 g/mol. The molecule has 160 valence electrons. The lowest BCUT2D eigenvalue weighted by Crippen LogP contribution is -2.14. The summed E-state index contributed by atoms with van der Waals surface area (Å²) in [5.74, 6) is -1.78. The van der Waals surface area contributed by atoms with Crippen molar-refractivity contribution in [3.63, 3.8) is 0 Å². The van der Waals surface area contributed by atoms with E-state index in [1.807, 2.05) is 48.5 Å². The summed E-state index contributed by atoms with van der Waals surface area (Å²) in [6.07, 6.45) is 7.21. The molecule has 0 aliphatic heterocycles. The van der Waals surface area contributed by atoms with Crippen molar-refractivity contribution in [3.8, 4) is 33.6 Å². The number of aromatic amines is 1. The van der Waals surface area contributed by atoms with Crippen molar-refractivity contribution < 1.29 is 8.78 Å². The Balaban J connectivity index is 1.52. The minimum absolute atomic E-state index is 0.525. The first-order chi connectivity index (χ1) is 15.6. The molecular weight excluding hydrogens is 410 g/mol. The number of nitrogens with one attached hydrogen (secondary N) is 2. The second-order valence-corrected chi connectivity index (χ2v) is 7.48. The zero-order valence-electron chi connectivity index (χ0n) is 17.3. The maximum atomic E-state index is 13.8. The van der Waals surface area contributed by atoms with E-state index in [9.17, 15) is 8.78 Å². The predicted octanol–water partition coefficient (Wildman–Crippen LogP) is 4.65. The van der Waals surface area contributed by atoms with Crippen LogP contribution >= 0.6 is 0 Å². The zero-order chi connectivity index (χ0) is 22.1. The number of fused-ring (bicyclic) bond motifs is 1. The van der Waals surface area contributed by atoms with Crippen molar-refractivity contribution in [1.82, 2.24) is 30.0 Å². The van der Waals surface area contributed by atoms with Gasteiger partial charge in [-0.05, 0) is 43.4 Å². The third kappa shape index (κ3) is 3.76. The monoisotopic (exact) mass is 430 g/mol. The third-order valence-electron chi connectivity index (χ3n) is 5.36. The highest BCUT2D eigenvalue weighted by Crippen LogP contribution is 2.32. The van der Waals surface area contributed by atoms with Crippen LogP contribution < -0.4 is 5.32 Å². The summed E-state index contributed by atoms with van der Waals surface area (Å²) in [6.45, 7) is 1.62. The van der Waals surface area contributed by atoms with Crippen molar-refractivity contribution in [1.29, 1.82) is 0 Å². The Kier molecular flexibility index (Phi) is 5.20. The molecule has 0 amide bonds. The molecular formula is C24H20F2N6. The van der Waals surface area contributed by atoms with Crippen LogP contribution in [-0.4, -0.2) is 38.3 Å². The van der Waals surface area contributed by atoms with E-state index in [4.69, 9.17) is 0 Å². The Morgan fingerprint density at radius 1 is 0.906 bits per heavy atom. The molecule has 0 bridgehead atoms. The molecule has 5 rings (SSSR count). The molecule has 3 heterocycles. The van der Waals surface area contributed by atoms with E-state index in [2.05, 4.69) is 31.4 Å². The minimum atomic E-state index is -0.898.